The molecule has 88 valence electrons. The van der Waals surface area contributed by atoms with Gasteiger partial charge in [0, 0.05) is 18.4 Å². The van der Waals surface area contributed by atoms with E-state index in [1.165, 1.54) is 11.3 Å². The van der Waals surface area contributed by atoms with Gasteiger partial charge in [0.2, 0.25) is 5.91 Å². The number of carbonyl (C=O) groups excluding carboxylic acids is 1. The van der Waals surface area contributed by atoms with E-state index < -0.39 is 0 Å². The number of ether oxygens (including phenoxy) is 1. The highest BCUT2D eigenvalue weighted by molar-refractivity contribution is 7.13. The molecule has 0 aromatic carbocycles. The third kappa shape index (κ3) is 3.28. The van der Waals surface area contributed by atoms with Gasteiger partial charge in [-0.05, 0) is 26.2 Å². The van der Waals surface area contributed by atoms with E-state index >= 15 is 0 Å². The number of nitrogens with one attached hydrogen (secondary N) is 1. The van der Waals surface area contributed by atoms with Crippen LogP contribution in [0.25, 0.3) is 0 Å². The van der Waals surface area contributed by atoms with E-state index in [2.05, 4.69) is 10.3 Å². The fraction of sp³-hybridized carbons (Fsp3) is 0.636. The number of thiazole rings is 1. The SMILES string of the molecule is Cc1csc(NC(=O)CC[C@@H]2CCCO2)n1. The molecule has 1 amide bonds. The Morgan fingerprint density at radius 2 is 2.62 bits per heavy atom. The Kier molecular flexibility index (Phi) is 3.90. The average Bonchev–Trinajstić information content (AvgIpc) is 2.87. The van der Waals surface area contributed by atoms with Crippen molar-refractivity contribution >= 4 is 22.4 Å². The molecular formula is C11H16N2O2S. The summed E-state index contributed by atoms with van der Waals surface area (Å²) in [5.74, 6) is 0.0323. The summed E-state index contributed by atoms with van der Waals surface area (Å²) >= 11 is 1.46. The molecule has 1 aromatic rings. The molecule has 0 aliphatic carbocycles. The summed E-state index contributed by atoms with van der Waals surface area (Å²) < 4.78 is 5.46. The quantitative estimate of drug-likeness (QED) is 0.879. The number of anilines is 1. The highest BCUT2D eigenvalue weighted by Gasteiger charge is 2.16. The van der Waals surface area contributed by atoms with Crippen molar-refractivity contribution in [2.45, 2.75) is 38.7 Å². The lowest BCUT2D eigenvalue weighted by molar-refractivity contribution is -0.116. The molecule has 1 aliphatic heterocycles. The maximum Gasteiger partial charge on any atom is 0.226 e. The molecule has 16 heavy (non-hydrogen) atoms. The molecule has 2 heterocycles. The van der Waals surface area contributed by atoms with Crippen molar-refractivity contribution in [3.63, 3.8) is 0 Å². The summed E-state index contributed by atoms with van der Waals surface area (Å²) in [6.45, 7) is 2.76. The van der Waals surface area contributed by atoms with Gasteiger partial charge >= 0.3 is 0 Å². The predicted octanol–water partition coefficient (Wildman–Crippen LogP) is 2.35. The van der Waals surface area contributed by atoms with Crippen LogP contribution in [0.5, 0.6) is 0 Å². The van der Waals surface area contributed by atoms with Crippen LogP contribution in [0.15, 0.2) is 5.38 Å². The van der Waals surface area contributed by atoms with Crippen LogP contribution in [-0.4, -0.2) is 23.6 Å². The van der Waals surface area contributed by atoms with Crippen LogP contribution in [0.1, 0.15) is 31.4 Å². The lowest BCUT2D eigenvalue weighted by Crippen LogP contribution is -2.15. The Hall–Kier alpha value is -0.940. The lowest BCUT2D eigenvalue weighted by atomic mass is 10.1. The first-order valence-corrected chi connectivity index (χ1v) is 6.45. The molecule has 5 heteroatoms. The molecule has 0 bridgehead atoms. The van der Waals surface area contributed by atoms with Gasteiger partial charge in [0.1, 0.15) is 0 Å². The number of rotatable bonds is 4. The van der Waals surface area contributed by atoms with Crippen molar-refractivity contribution < 1.29 is 9.53 Å². The van der Waals surface area contributed by atoms with E-state index in [4.69, 9.17) is 4.74 Å². The number of hydrogen-bond donors (Lipinski definition) is 1. The first kappa shape index (κ1) is 11.5. The van der Waals surface area contributed by atoms with Gasteiger partial charge in [0.05, 0.1) is 11.8 Å². The Morgan fingerprint density at radius 1 is 1.75 bits per heavy atom. The number of nitrogens with zero attached hydrogens (tertiary/aromatic N) is 1. The second kappa shape index (κ2) is 5.41. The van der Waals surface area contributed by atoms with Gasteiger partial charge in [-0.15, -0.1) is 11.3 Å². The molecule has 2 rings (SSSR count). The summed E-state index contributed by atoms with van der Waals surface area (Å²) in [4.78, 5) is 15.8. The first-order chi connectivity index (χ1) is 7.74. The highest BCUT2D eigenvalue weighted by Crippen LogP contribution is 2.18. The van der Waals surface area contributed by atoms with Crippen molar-refractivity contribution in [3.05, 3.63) is 11.1 Å². The summed E-state index contributed by atoms with van der Waals surface area (Å²) in [5.41, 5.74) is 0.944. The standard InChI is InChI=1S/C11H16N2O2S/c1-8-7-16-11(12-8)13-10(14)5-4-9-3-2-6-15-9/h7,9H,2-6H2,1H3,(H,12,13,14)/t9-/m0/s1. The van der Waals surface area contributed by atoms with E-state index in [1.807, 2.05) is 12.3 Å². The topological polar surface area (TPSA) is 51.2 Å². The van der Waals surface area contributed by atoms with Gasteiger partial charge < -0.3 is 10.1 Å². The maximum absolute atomic E-state index is 11.6. The zero-order chi connectivity index (χ0) is 11.4. The Morgan fingerprint density at radius 3 is 3.25 bits per heavy atom. The maximum atomic E-state index is 11.6. The molecule has 1 N–H and O–H groups in total. The number of aryl methyl sites for hydroxylation is 1. The van der Waals surface area contributed by atoms with Gasteiger partial charge in [-0.2, -0.15) is 0 Å². The lowest BCUT2D eigenvalue weighted by Gasteiger charge is -2.07. The molecule has 1 aromatic heterocycles. The zero-order valence-corrected chi connectivity index (χ0v) is 10.2. The summed E-state index contributed by atoms with van der Waals surface area (Å²) in [6, 6.07) is 0. The van der Waals surface area contributed by atoms with Crippen molar-refractivity contribution in [1.82, 2.24) is 4.98 Å². The van der Waals surface area contributed by atoms with Gasteiger partial charge in [0.25, 0.3) is 0 Å². The largest absolute Gasteiger partial charge is 0.378 e. The zero-order valence-electron chi connectivity index (χ0n) is 9.36. The van der Waals surface area contributed by atoms with Crippen LogP contribution in [0.3, 0.4) is 0 Å². The summed E-state index contributed by atoms with van der Waals surface area (Å²) in [7, 11) is 0. The van der Waals surface area contributed by atoms with Crippen molar-refractivity contribution in [2.24, 2.45) is 0 Å². The Labute approximate surface area is 99.0 Å². The van der Waals surface area contributed by atoms with Crippen LogP contribution < -0.4 is 5.32 Å². The number of aromatic nitrogens is 1. The second-order valence-corrected chi connectivity index (χ2v) is 4.87. The molecule has 0 spiro atoms. The average molecular weight is 240 g/mol. The Balaban J connectivity index is 1.71. The van der Waals surface area contributed by atoms with E-state index in [9.17, 15) is 4.79 Å². The minimum atomic E-state index is 0.0323. The predicted molar refractivity (Wildman–Crippen MR) is 63.7 cm³/mol. The van der Waals surface area contributed by atoms with Crippen molar-refractivity contribution in [1.29, 1.82) is 0 Å². The van der Waals surface area contributed by atoms with E-state index in [0.29, 0.717) is 11.6 Å². The third-order valence-electron chi connectivity index (χ3n) is 2.58. The van der Waals surface area contributed by atoms with Crippen LogP contribution in [0, 0.1) is 6.92 Å². The molecule has 1 atom stereocenters. The molecule has 1 fully saturated rings. The van der Waals surface area contributed by atoms with E-state index in [-0.39, 0.29) is 12.0 Å². The second-order valence-electron chi connectivity index (χ2n) is 4.02. The van der Waals surface area contributed by atoms with E-state index in [0.717, 1.165) is 31.6 Å². The fourth-order valence-corrected chi connectivity index (χ4v) is 2.46. The summed E-state index contributed by atoms with van der Waals surface area (Å²) in [5, 5.41) is 5.42. The number of hydrogen-bond acceptors (Lipinski definition) is 4. The van der Waals surface area contributed by atoms with E-state index in [1.54, 1.807) is 0 Å². The number of amides is 1. The smallest absolute Gasteiger partial charge is 0.226 e. The molecule has 1 saturated heterocycles. The van der Waals surface area contributed by atoms with Crippen molar-refractivity contribution in [3.8, 4) is 0 Å². The summed E-state index contributed by atoms with van der Waals surface area (Å²) in [6.07, 6.45) is 3.82. The molecule has 4 nitrogen and oxygen atoms in total. The Bertz CT molecular complexity index is 359. The van der Waals surface area contributed by atoms with Gasteiger partial charge in [-0.3, -0.25) is 4.79 Å². The van der Waals surface area contributed by atoms with Gasteiger partial charge in [-0.25, -0.2) is 4.98 Å². The molecule has 0 unspecified atom stereocenters. The van der Waals surface area contributed by atoms with Crippen LogP contribution in [0.4, 0.5) is 5.13 Å². The van der Waals surface area contributed by atoms with Crippen molar-refractivity contribution in [2.75, 3.05) is 11.9 Å². The van der Waals surface area contributed by atoms with Gasteiger partial charge in [0.15, 0.2) is 5.13 Å². The monoisotopic (exact) mass is 240 g/mol. The first-order valence-electron chi connectivity index (χ1n) is 5.57. The minimum Gasteiger partial charge on any atom is -0.378 e. The molecule has 0 radical (unpaired) electrons. The van der Waals surface area contributed by atoms with Crippen LogP contribution >= 0.6 is 11.3 Å². The van der Waals surface area contributed by atoms with Crippen LogP contribution in [-0.2, 0) is 9.53 Å². The highest BCUT2D eigenvalue weighted by atomic mass is 32.1. The third-order valence-corrected chi connectivity index (χ3v) is 3.46. The van der Waals surface area contributed by atoms with Gasteiger partial charge in [-0.1, -0.05) is 0 Å². The molecule has 0 saturated carbocycles. The minimum absolute atomic E-state index is 0.0323. The van der Waals surface area contributed by atoms with Crippen LogP contribution in [0.2, 0.25) is 0 Å². The molecule has 1 aliphatic rings. The molecular weight excluding hydrogens is 224 g/mol. The normalized spacial score (nSPS) is 19.9. The fourth-order valence-electron chi connectivity index (χ4n) is 1.76. The number of carbonyl (C=O) groups is 1.